The van der Waals surface area contributed by atoms with Gasteiger partial charge in [0.05, 0.1) is 36.3 Å². The number of hydrogen-bond acceptors (Lipinski definition) is 6. The topological polar surface area (TPSA) is 66.9 Å². The van der Waals surface area contributed by atoms with Crippen LogP contribution in [0.3, 0.4) is 0 Å². The van der Waals surface area contributed by atoms with Crippen LogP contribution in [0.1, 0.15) is 48.3 Å². The van der Waals surface area contributed by atoms with Crippen LogP contribution < -0.4 is 14.2 Å². The van der Waals surface area contributed by atoms with E-state index in [2.05, 4.69) is 4.98 Å². The Morgan fingerprint density at radius 2 is 1.65 bits per heavy atom. The van der Waals surface area contributed by atoms with Crippen LogP contribution in [0.4, 0.5) is 8.78 Å². The number of carbonyl (C=O) groups excluding carboxylic acids is 1. The van der Waals surface area contributed by atoms with E-state index in [-0.39, 0.29) is 18.1 Å². The molecule has 0 bridgehead atoms. The maximum absolute atomic E-state index is 13.3. The Morgan fingerprint density at radius 3 is 2.35 bits per heavy atom. The molecule has 0 saturated heterocycles. The normalized spacial score (nSPS) is 14.4. The first-order valence-electron chi connectivity index (χ1n) is 14.0. The van der Waals surface area contributed by atoms with E-state index in [0.717, 1.165) is 34.9 Å². The highest BCUT2D eigenvalue weighted by atomic mass is 35.5. The molecule has 1 aliphatic carbocycles. The second-order valence-corrected chi connectivity index (χ2v) is 11.5. The number of rotatable bonds is 13. The maximum atomic E-state index is 13.3. The van der Waals surface area contributed by atoms with Gasteiger partial charge in [-0.05, 0) is 83.8 Å². The fourth-order valence-corrected chi connectivity index (χ4v) is 5.33. The summed E-state index contributed by atoms with van der Waals surface area (Å²) in [4.78, 5) is 17.3. The number of benzene rings is 3. The SMILES string of the molecule is COc1ccc2cc([C@H](C)C(=O)OCC(Cc3c(Cl)cncc3Cl)c3ccc(OC(F)F)c(OCC4CC4)c3)ccc2c1. The lowest BCUT2D eigenvalue weighted by atomic mass is 9.92. The molecule has 1 fully saturated rings. The lowest BCUT2D eigenvalue weighted by Crippen LogP contribution is -2.19. The van der Waals surface area contributed by atoms with Gasteiger partial charge in [-0.3, -0.25) is 9.78 Å². The second-order valence-electron chi connectivity index (χ2n) is 10.6. The van der Waals surface area contributed by atoms with Crippen LogP contribution in [-0.2, 0) is 16.0 Å². The van der Waals surface area contributed by atoms with Crippen molar-refractivity contribution in [3.63, 3.8) is 0 Å². The van der Waals surface area contributed by atoms with Gasteiger partial charge in [-0.25, -0.2) is 0 Å². The van der Waals surface area contributed by atoms with Crippen molar-refractivity contribution in [3.8, 4) is 17.2 Å². The molecule has 1 saturated carbocycles. The van der Waals surface area contributed by atoms with Gasteiger partial charge in [-0.1, -0.05) is 53.5 Å². The molecular formula is C33H31Cl2F2NO5. The molecule has 3 aromatic carbocycles. The van der Waals surface area contributed by atoms with Crippen LogP contribution in [0, 0.1) is 5.92 Å². The third kappa shape index (κ3) is 7.86. The van der Waals surface area contributed by atoms with Gasteiger partial charge in [0.25, 0.3) is 0 Å². The predicted octanol–water partition coefficient (Wildman–Crippen LogP) is 8.61. The molecule has 2 atom stereocenters. The predicted molar refractivity (Wildman–Crippen MR) is 162 cm³/mol. The number of aromatic nitrogens is 1. The van der Waals surface area contributed by atoms with Crippen molar-refractivity contribution in [2.45, 2.75) is 44.6 Å². The number of ether oxygens (including phenoxy) is 4. The molecule has 0 aliphatic heterocycles. The standard InChI is InChI=1S/C33H31Cl2F2NO5/c1-19(21-5-6-23-12-26(40-2)9-7-22(23)11-21)32(39)42-18-25(13-27-28(34)15-38-16-29(27)35)24-8-10-30(43-33(36)37)31(14-24)41-17-20-3-4-20/h5-12,14-16,19-20,25,33H,3-4,13,17-18H2,1-2H3/t19-,25?/m0/s1. The first kappa shape index (κ1) is 30.8. The summed E-state index contributed by atoms with van der Waals surface area (Å²) in [5, 5.41) is 2.71. The average molecular weight is 631 g/mol. The summed E-state index contributed by atoms with van der Waals surface area (Å²) in [5.41, 5.74) is 2.13. The molecule has 5 rings (SSSR count). The zero-order chi connectivity index (χ0) is 30.5. The van der Waals surface area contributed by atoms with Gasteiger partial charge >= 0.3 is 12.6 Å². The van der Waals surface area contributed by atoms with Crippen molar-refractivity contribution in [2.75, 3.05) is 20.3 Å². The third-order valence-corrected chi connectivity index (χ3v) is 8.23. The number of halogens is 4. The number of nitrogens with zero attached hydrogens (tertiary/aromatic N) is 1. The van der Waals surface area contributed by atoms with E-state index in [1.54, 1.807) is 26.2 Å². The molecule has 4 aromatic rings. The van der Waals surface area contributed by atoms with E-state index in [4.69, 9.17) is 42.1 Å². The number of esters is 1. The van der Waals surface area contributed by atoms with Crippen molar-refractivity contribution < 1.29 is 32.5 Å². The molecule has 0 N–H and O–H groups in total. The Kier molecular flexibility index (Phi) is 9.88. The van der Waals surface area contributed by atoms with Crippen molar-refractivity contribution in [2.24, 2.45) is 5.92 Å². The highest BCUT2D eigenvalue weighted by Gasteiger charge is 2.26. The highest BCUT2D eigenvalue weighted by molar-refractivity contribution is 6.35. The van der Waals surface area contributed by atoms with Gasteiger partial charge in [-0.15, -0.1) is 0 Å². The molecule has 0 amide bonds. The monoisotopic (exact) mass is 629 g/mol. The third-order valence-electron chi connectivity index (χ3n) is 7.58. The Labute approximate surface area is 258 Å². The van der Waals surface area contributed by atoms with Crippen molar-refractivity contribution in [3.05, 3.63) is 93.7 Å². The van der Waals surface area contributed by atoms with Gasteiger partial charge in [0.1, 0.15) is 5.75 Å². The van der Waals surface area contributed by atoms with E-state index in [1.807, 2.05) is 36.4 Å². The van der Waals surface area contributed by atoms with E-state index in [9.17, 15) is 13.6 Å². The largest absolute Gasteiger partial charge is 0.497 e. The van der Waals surface area contributed by atoms with E-state index in [0.29, 0.717) is 40.1 Å². The molecule has 1 heterocycles. The molecular weight excluding hydrogens is 599 g/mol. The first-order chi connectivity index (χ1) is 20.7. The van der Waals surface area contributed by atoms with Gasteiger partial charge in [-0.2, -0.15) is 8.78 Å². The lowest BCUT2D eigenvalue weighted by Gasteiger charge is -2.22. The number of alkyl halides is 2. The zero-order valence-corrected chi connectivity index (χ0v) is 25.2. The summed E-state index contributed by atoms with van der Waals surface area (Å²) in [7, 11) is 1.62. The summed E-state index contributed by atoms with van der Waals surface area (Å²) in [5.74, 6) is -0.0867. The summed E-state index contributed by atoms with van der Waals surface area (Å²) in [6.45, 7) is -0.821. The maximum Gasteiger partial charge on any atom is 0.387 e. The number of pyridine rings is 1. The van der Waals surface area contributed by atoms with Crippen LogP contribution in [0.15, 0.2) is 67.0 Å². The molecule has 43 heavy (non-hydrogen) atoms. The zero-order valence-electron chi connectivity index (χ0n) is 23.7. The highest BCUT2D eigenvalue weighted by Crippen LogP contribution is 2.38. The molecule has 10 heteroatoms. The minimum Gasteiger partial charge on any atom is -0.497 e. The molecule has 0 spiro atoms. The molecule has 1 unspecified atom stereocenters. The Morgan fingerprint density at radius 1 is 0.953 bits per heavy atom. The summed E-state index contributed by atoms with van der Waals surface area (Å²) < 4.78 is 48.0. The number of fused-ring (bicyclic) bond motifs is 1. The lowest BCUT2D eigenvalue weighted by molar-refractivity contribution is -0.145. The van der Waals surface area contributed by atoms with Crippen LogP contribution >= 0.6 is 23.2 Å². The Hall–Kier alpha value is -3.62. The second kappa shape index (κ2) is 13.8. The average Bonchev–Trinajstić information content (AvgIpc) is 3.83. The first-order valence-corrected chi connectivity index (χ1v) is 14.7. The van der Waals surface area contributed by atoms with Crippen molar-refractivity contribution >= 4 is 39.9 Å². The summed E-state index contributed by atoms with van der Waals surface area (Å²) >= 11 is 12.9. The van der Waals surface area contributed by atoms with Gasteiger partial charge in [0.2, 0.25) is 0 Å². The summed E-state index contributed by atoms with van der Waals surface area (Å²) in [6.07, 6.45) is 5.36. The van der Waals surface area contributed by atoms with Gasteiger partial charge in [0, 0.05) is 18.3 Å². The van der Waals surface area contributed by atoms with Crippen LogP contribution in [0.5, 0.6) is 17.2 Å². The summed E-state index contributed by atoms with van der Waals surface area (Å²) in [6, 6.07) is 16.3. The number of methoxy groups -OCH3 is 1. The van der Waals surface area contributed by atoms with Crippen molar-refractivity contribution in [1.82, 2.24) is 4.98 Å². The number of hydrogen-bond donors (Lipinski definition) is 0. The smallest absolute Gasteiger partial charge is 0.387 e. The molecule has 226 valence electrons. The van der Waals surface area contributed by atoms with Gasteiger partial charge in [0.15, 0.2) is 11.5 Å². The minimum atomic E-state index is -3.00. The molecule has 6 nitrogen and oxygen atoms in total. The minimum absolute atomic E-state index is 0.0138. The Bertz CT molecular complexity index is 1580. The Balaban J connectivity index is 1.38. The van der Waals surface area contributed by atoms with Crippen LogP contribution in [0.2, 0.25) is 10.0 Å². The van der Waals surface area contributed by atoms with E-state index in [1.165, 1.54) is 18.5 Å². The van der Waals surface area contributed by atoms with Gasteiger partial charge < -0.3 is 18.9 Å². The molecule has 0 radical (unpaired) electrons. The van der Waals surface area contributed by atoms with Crippen LogP contribution in [0.25, 0.3) is 10.8 Å². The van der Waals surface area contributed by atoms with E-state index < -0.39 is 24.4 Å². The van der Waals surface area contributed by atoms with E-state index >= 15 is 0 Å². The van der Waals surface area contributed by atoms with Crippen molar-refractivity contribution in [1.29, 1.82) is 0 Å². The molecule has 1 aliphatic rings. The fourth-order valence-electron chi connectivity index (χ4n) is 4.81. The fraction of sp³-hybridized carbons (Fsp3) is 0.333. The molecule has 1 aromatic heterocycles. The quantitative estimate of drug-likeness (QED) is 0.138. The number of carbonyl (C=O) groups is 1. The van der Waals surface area contributed by atoms with Crippen LogP contribution in [-0.4, -0.2) is 37.9 Å².